The van der Waals surface area contributed by atoms with Crippen LogP contribution in [-0.2, 0) is 4.74 Å². The zero-order valence-corrected chi connectivity index (χ0v) is 10.4. The molecule has 1 amide bonds. The third-order valence-electron chi connectivity index (χ3n) is 2.46. The molecule has 0 saturated heterocycles. The van der Waals surface area contributed by atoms with E-state index in [0.29, 0.717) is 30.8 Å². The van der Waals surface area contributed by atoms with Crippen molar-refractivity contribution in [2.75, 3.05) is 26.8 Å². The molecule has 1 aromatic carbocycles. The first kappa shape index (κ1) is 13.9. The summed E-state index contributed by atoms with van der Waals surface area (Å²) in [7, 11) is 1.60. The van der Waals surface area contributed by atoms with Crippen LogP contribution in [0.15, 0.2) is 36.9 Å². The van der Waals surface area contributed by atoms with Crippen LogP contribution >= 0.6 is 0 Å². The average Bonchev–Trinajstić information content (AvgIpc) is 2.43. The SMILES string of the molecule is C=CCN(CCOC)C(=O)c1ccc(C#N)cc1. The second-order valence-electron chi connectivity index (χ2n) is 3.72. The standard InChI is InChI=1S/C14H16N2O2/c1-3-8-16(9-10-18-2)14(17)13-6-4-12(11-15)5-7-13/h3-7H,1,8-10H2,2H3. The number of nitriles is 1. The Balaban J connectivity index is 2.80. The molecule has 1 rings (SSSR count). The van der Waals surface area contributed by atoms with Crippen molar-refractivity contribution in [3.8, 4) is 6.07 Å². The number of hydrogen-bond donors (Lipinski definition) is 0. The van der Waals surface area contributed by atoms with Gasteiger partial charge < -0.3 is 9.64 Å². The lowest BCUT2D eigenvalue weighted by Gasteiger charge is -2.20. The molecule has 0 fully saturated rings. The van der Waals surface area contributed by atoms with Crippen molar-refractivity contribution in [1.29, 1.82) is 5.26 Å². The van der Waals surface area contributed by atoms with Crippen LogP contribution in [0.3, 0.4) is 0 Å². The van der Waals surface area contributed by atoms with E-state index < -0.39 is 0 Å². The van der Waals surface area contributed by atoms with Crippen LogP contribution < -0.4 is 0 Å². The minimum atomic E-state index is -0.0866. The fourth-order valence-electron chi connectivity index (χ4n) is 1.50. The molecule has 0 aliphatic rings. The third-order valence-corrected chi connectivity index (χ3v) is 2.46. The number of ether oxygens (including phenoxy) is 1. The van der Waals surface area contributed by atoms with Gasteiger partial charge in [0.2, 0.25) is 0 Å². The number of hydrogen-bond acceptors (Lipinski definition) is 3. The van der Waals surface area contributed by atoms with Gasteiger partial charge in [0.25, 0.3) is 5.91 Å². The molecule has 1 aromatic rings. The minimum Gasteiger partial charge on any atom is -0.383 e. The van der Waals surface area contributed by atoms with Crippen molar-refractivity contribution < 1.29 is 9.53 Å². The van der Waals surface area contributed by atoms with E-state index in [1.165, 1.54) is 0 Å². The summed E-state index contributed by atoms with van der Waals surface area (Å²) in [5, 5.41) is 8.70. The van der Waals surface area contributed by atoms with Crippen LogP contribution in [0.4, 0.5) is 0 Å². The quantitative estimate of drug-likeness (QED) is 0.717. The molecule has 0 bridgehead atoms. The van der Waals surface area contributed by atoms with Gasteiger partial charge in [-0.15, -0.1) is 6.58 Å². The van der Waals surface area contributed by atoms with Crippen molar-refractivity contribution in [3.05, 3.63) is 48.0 Å². The van der Waals surface area contributed by atoms with Crippen LogP contribution in [0.2, 0.25) is 0 Å². The highest BCUT2D eigenvalue weighted by atomic mass is 16.5. The topological polar surface area (TPSA) is 53.3 Å². The van der Waals surface area contributed by atoms with Crippen molar-refractivity contribution in [3.63, 3.8) is 0 Å². The van der Waals surface area contributed by atoms with E-state index in [0.717, 1.165) is 0 Å². The summed E-state index contributed by atoms with van der Waals surface area (Å²) in [4.78, 5) is 13.8. The van der Waals surface area contributed by atoms with Gasteiger partial charge in [0.15, 0.2) is 0 Å². The molecule has 0 N–H and O–H groups in total. The van der Waals surface area contributed by atoms with E-state index in [1.54, 1.807) is 42.4 Å². The van der Waals surface area contributed by atoms with Gasteiger partial charge in [-0.3, -0.25) is 4.79 Å². The molecule has 0 saturated carbocycles. The maximum atomic E-state index is 12.2. The molecule has 4 nitrogen and oxygen atoms in total. The largest absolute Gasteiger partial charge is 0.383 e. The predicted molar refractivity (Wildman–Crippen MR) is 69.1 cm³/mol. The maximum absolute atomic E-state index is 12.2. The first-order valence-corrected chi connectivity index (χ1v) is 5.62. The van der Waals surface area contributed by atoms with Gasteiger partial charge >= 0.3 is 0 Å². The van der Waals surface area contributed by atoms with Crippen molar-refractivity contribution in [2.24, 2.45) is 0 Å². The molecule has 0 aromatic heterocycles. The van der Waals surface area contributed by atoms with E-state index in [2.05, 4.69) is 6.58 Å². The predicted octanol–water partition coefficient (Wildman–Crippen LogP) is 1.83. The van der Waals surface area contributed by atoms with E-state index in [4.69, 9.17) is 10.00 Å². The number of nitrogens with zero attached hydrogens (tertiary/aromatic N) is 2. The molecule has 94 valence electrons. The average molecular weight is 244 g/mol. The second kappa shape index (κ2) is 7.25. The van der Waals surface area contributed by atoms with Gasteiger partial charge in [0.05, 0.1) is 18.2 Å². The summed E-state index contributed by atoms with van der Waals surface area (Å²) in [5.41, 5.74) is 1.10. The van der Waals surface area contributed by atoms with Crippen molar-refractivity contribution >= 4 is 5.91 Å². The summed E-state index contributed by atoms with van der Waals surface area (Å²) < 4.78 is 4.97. The van der Waals surface area contributed by atoms with E-state index in [-0.39, 0.29) is 5.91 Å². The Labute approximate surface area is 107 Å². The van der Waals surface area contributed by atoms with Gasteiger partial charge in [0, 0.05) is 25.8 Å². The zero-order chi connectivity index (χ0) is 13.4. The Bertz CT molecular complexity index is 446. The molecule has 4 heteroatoms. The first-order valence-electron chi connectivity index (χ1n) is 5.62. The lowest BCUT2D eigenvalue weighted by atomic mass is 10.1. The normalized spacial score (nSPS) is 9.56. The van der Waals surface area contributed by atoms with Crippen LogP contribution in [0.5, 0.6) is 0 Å². The Morgan fingerprint density at radius 2 is 2.17 bits per heavy atom. The lowest BCUT2D eigenvalue weighted by Crippen LogP contribution is -2.34. The van der Waals surface area contributed by atoms with E-state index in [9.17, 15) is 4.79 Å². The zero-order valence-electron chi connectivity index (χ0n) is 10.4. The molecule has 0 unspecified atom stereocenters. The maximum Gasteiger partial charge on any atom is 0.254 e. The molecular weight excluding hydrogens is 228 g/mol. The molecule has 0 spiro atoms. The van der Waals surface area contributed by atoms with E-state index >= 15 is 0 Å². The number of benzene rings is 1. The number of methoxy groups -OCH3 is 1. The van der Waals surface area contributed by atoms with Gasteiger partial charge in [-0.1, -0.05) is 6.08 Å². The number of amides is 1. The third kappa shape index (κ3) is 3.72. The Hall–Kier alpha value is -2.12. The molecular formula is C14H16N2O2. The van der Waals surface area contributed by atoms with E-state index in [1.807, 2.05) is 6.07 Å². The molecule has 0 aliphatic carbocycles. The van der Waals surface area contributed by atoms with Crippen LogP contribution in [0, 0.1) is 11.3 Å². The lowest BCUT2D eigenvalue weighted by molar-refractivity contribution is 0.0718. The molecule has 0 heterocycles. The van der Waals surface area contributed by atoms with Gasteiger partial charge in [-0.05, 0) is 24.3 Å². The fourth-order valence-corrected chi connectivity index (χ4v) is 1.50. The molecule has 0 atom stereocenters. The highest BCUT2D eigenvalue weighted by Gasteiger charge is 2.13. The molecule has 18 heavy (non-hydrogen) atoms. The van der Waals surface area contributed by atoms with Gasteiger partial charge in [-0.2, -0.15) is 5.26 Å². The monoisotopic (exact) mass is 244 g/mol. The molecule has 0 aliphatic heterocycles. The fraction of sp³-hybridized carbons (Fsp3) is 0.286. The van der Waals surface area contributed by atoms with Crippen LogP contribution in [0.25, 0.3) is 0 Å². The first-order chi connectivity index (χ1) is 8.72. The summed E-state index contributed by atoms with van der Waals surface area (Å²) in [5.74, 6) is -0.0866. The minimum absolute atomic E-state index is 0.0866. The second-order valence-corrected chi connectivity index (χ2v) is 3.72. The smallest absolute Gasteiger partial charge is 0.254 e. The Morgan fingerprint density at radius 3 is 2.67 bits per heavy atom. The van der Waals surface area contributed by atoms with Crippen LogP contribution in [0.1, 0.15) is 15.9 Å². The Morgan fingerprint density at radius 1 is 1.50 bits per heavy atom. The van der Waals surface area contributed by atoms with Crippen molar-refractivity contribution in [1.82, 2.24) is 4.90 Å². The van der Waals surface area contributed by atoms with Crippen LogP contribution in [-0.4, -0.2) is 37.6 Å². The van der Waals surface area contributed by atoms with Gasteiger partial charge in [0.1, 0.15) is 0 Å². The summed E-state index contributed by atoms with van der Waals surface area (Å²) in [6.07, 6.45) is 1.68. The van der Waals surface area contributed by atoms with Crippen molar-refractivity contribution in [2.45, 2.75) is 0 Å². The number of carbonyl (C=O) groups is 1. The number of carbonyl (C=O) groups excluding carboxylic acids is 1. The summed E-state index contributed by atoms with van der Waals surface area (Å²) in [6, 6.07) is 8.60. The Kier molecular flexibility index (Phi) is 5.62. The highest BCUT2D eigenvalue weighted by Crippen LogP contribution is 2.07. The molecule has 0 radical (unpaired) electrons. The highest BCUT2D eigenvalue weighted by molar-refractivity contribution is 5.94. The van der Waals surface area contributed by atoms with Gasteiger partial charge in [-0.25, -0.2) is 0 Å². The number of rotatable bonds is 6. The summed E-state index contributed by atoms with van der Waals surface area (Å²) in [6.45, 7) is 5.11. The summed E-state index contributed by atoms with van der Waals surface area (Å²) >= 11 is 0.